The Morgan fingerprint density at radius 3 is 2.71 bits per heavy atom. The van der Waals surface area contributed by atoms with Gasteiger partial charge in [-0.1, -0.05) is 15.9 Å². The monoisotopic (exact) mass is 324 g/mol. The van der Waals surface area contributed by atoms with E-state index in [1.54, 1.807) is 6.92 Å². The van der Waals surface area contributed by atoms with E-state index in [2.05, 4.69) is 20.7 Å². The van der Waals surface area contributed by atoms with Gasteiger partial charge in [0.25, 0.3) is 0 Å². The molecule has 0 saturated heterocycles. The van der Waals surface area contributed by atoms with Crippen molar-refractivity contribution in [1.82, 2.24) is 4.72 Å². The van der Waals surface area contributed by atoms with Crippen LogP contribution in [0.3, 0.4) is 0 Å². The summed E-state index contributed by atoms with van der Waals surface area (Å²) in [5.74, 6) is -0.785. The number of hydrogen-bond donors (Lipinski definition) is 2. The van der Waals surface area contributed by atoms with Crippen molar-refractivity contribution in [1.29, 1.82) is 0 Å². The number of sulfonamides is 1. The van der Waals surface area contributed by atoms with Crippen LogP contribution in [0.25, 0.3) is 0 Å². The summed E-state index contributed by atoms with van der Waals surface area (Å²) in [5, 5.41) is 0. The van der Waals surface area contributed by atoms with Crippen molar-refractivity contribution in [3.8, 4) is 0 Å². The first-order chi connectivity index (χ1) is 7.83. The number of nitrogens with one attached hydrogen (secondary N) is 1. The molecule has 1 rings (SSSR count). The molecule has 0 bridgehead atoms. The average molecular weight is 325 g/mol. The van der Waals surface area contributed by atoms with Gasteiger partial charge < -0.3 is 5.73 Å². The second kappa shape index (κ2) is 5.90. The molecule has 0 spiro atoms. The minimum atomic E-state index is -3.80. The first kappa shape index (κ1) is 14.6. The van der Waals surface area contributed by atoms with Crippen LogP contribution in [0.2, 0.25) is 0 Å². The van der Waals surface area contributed by atoms with Gasteiger partial charge in [0.05, 0.1) is 0 Å². The molecule has 0 fully saturated rings. The first-order valence-corrected chi connectivity index (χ1v) is 7.31. The Balaban J connectivity index is 2.83. The van der Waals surface area contributed by atoms with Crippen LogP contribution in [0.15, 0.2) is 27.6 Å². The lowest BCUT2D eigenvalue weighted by Gasteiger charge is -2.09. The van der Waals surface area contributed by atoms with Crippen LogP contribution in [0, 0.1) is 5.82 Å². The normalized spacial score (nSPS) is 13.6. The molecule has 0 amide bonds. The molecule has 7 heteroatoms. The van der Waals surface area contributed by atoms with E-state index >= 15 is 0 Å². The lowest BCUT2D eigenvalue weighted by atomic mass is 10.3. The molecule has 0 aliphatic heterocycles. The fraction of sp³-hybridized carbons (Fsp3) is 0.400. The lowest BCUT2D eigenvalue weighted by Crippen LogP contribution is -2.29. The summed E-state index contributed by atoms with van der Waals surface area (Å²) in [6.07, 6.45) is 0.497. The zero-order valence-electron chi connectivity index (χ0n) is 9.28. The van der Waals surface area contributed by atoms with Gasteiger partial charge in [-0.2, -0.15) is 0 Å². The summed E-state index contributed by atoms with van der Waals surface area (Å²) in [6, 6.07) is 3.70. The maximum atomic E-state index is 13.5. The van der Waals surface area contributed by atoms with Crippen LogP contribution >= 0.6 is 15.9 Å². The van der Waals surface area contributed by atoms with Gasteiger partial charge in [0.1, 0.15) is 10.7 Å². The molecule has 4 nitrogen and oxygen atoms in total. The van der Waals surface area contributed by atoms with Gasteiger partial charge in [-0.15, -0.1) is 0 Å². The molecule has 0 heterocycles. The van der Waals surface area contributed by atoms with Gasteiger partial charge in [-0.25, -0.2) is 17.5 Å². The highest BCUT2D eigenvalue weighted by atomic mass is 79.9. The first-order valence-electron chi connectivity index (χ1n) is 5.03. The minimum Gasteiger partial charge on any atom is -0.328 e. The van der Waals surface area contributed by atoms with Crippen molar-refractivity contribution in [2.24, 2.45) is 5.73 Å². The number of nitrogens with two attached hydrogens (primary N) is 1. The third-order valence-electron chi connectivity index (χ3n) is 2.08. The van der Waals surface area contributed by atoms with Crippen molar-refractivity contribution in [2.45, 2.75) is 24.3 Å². The standard InChI is InChI=1S/C10H14BrFN2O2S/c1-7(13)4-5-14-17(15,16)10-3-2-8(11)6-9(10)12/h2-3,6-7,14H,4-5,13H2,1H3. The van der Waals surface area contributed by atoms with Crippen molar-refractivity contribution in [2.75, 3.05) is 6.54 Å². The van der Waals surface area contributed by atoms with Gasteiger partial charge in [0, 0.05) is 17.1 Å². The summed E-state index contributed by atoms with van der Waals surface area (Å²) < 4.78 is 39.7. The third kappa shape index (κ3) is 4.34. The van der Waals surface area contributed by atoms with Crippen molar-refractivity contribution < 1.29 is 12.8 Å². The van der Waals surface area contributed by atoms with Crippen LogP contribution in [0.5, 0.6) is 0 Å². The number of halogens is 2. The smallest absolute Gasteiger partial charge is 0.243 e. The molecule has 17 heavy (non-hydrogen) atoms. The van der Waals surface area contributed by atoms with Gasteiger partial charge in [0.2, 0.25) is 10.0 Å². The van der Waals surface area contributed by atoms with Crippen LogP contribution < -0.4 is 10.5 Å². The van der Waals surface area contributed by atoms with Crippen molar-refractivity contribution >= 4 is 26.0 Å². The highest BCUT2D eigenvalue weighted by Crippen LogP contribution is 2.19. The summed E-state index contributed by atoms with van der Waals surface area (Å²) in [5.41, 5.74) is 5.50. The highest BCUT2D eigenvalue weighted by Gasteiger charge is 2.18. The van der Waals surface area contributed by atoms with E-state index in [-0.39, 0.29) is 17.5 Å². The van der Waals surface area contributed by atoms with E-state index in [0.717, 1.165) is 6.07 Å². The molecule has 96 valence electrons. The predicted molar refractivity (Wildman–Crippen MR) is 67.6 cm³/mol. The maximum absolute atomic E-state index is 13.5. The molecule has 0 aromatic heterocycles. The molecule has 0 radical (unpaired) electrons. The number of hydrogen-bond acceptors (Lipinski definition) is 3. The molecule has 1 unspecified atom stereocenters. The van der Waals surface area contributed by atoms with E-state index in [9.17, 15) is 12.8 Å². The van der Waals surface area contributed by atoms with Gasteiger partial charge >= 0.3 is 0 Å². The Hall–Kier alpha value is -0.500. The second-order valence-corrected chi connectivity index (χ2v) is 6.39. The number of benzene rings is 1. The Bertz CT molecular complexity index is 491. The minimum absolute atomic E-state index is 0.104. The Morgan fingerprint density at radius 2 is 2.18 bits per heavy atom. The topological polar surface area (TPSA) is 72.2 Å². The van der Waals surface area contributed by atoms with E-state index < -0.39 is 15.8 Å². The molecule has 1 atom stereocenters. The Kier molecular flexibility index (Phi) is 5.05. The molecular formula is C10H14BrFN2O2S. The van der Waals surface area contributed by atoms with Crippen molar-refractivity contribution in [3.05, 3.63) is 28.5 Å². The SMILES string of the molecule is CC(N)CCNS(=O)(=O)c1ccc(Br)cc1F. The van der Waals surface area contributed by atoms with Gasteiger partial charge in [-0.05, 0) is 31.5 Å². The van der Waals surface area contributed by atoms with E-state index in [0.29, 0.717) is 10.9 Å². The summed E-state index contributed by atoms with van der Waals surface area (Å²) in [6.45, 7) is 1.96. The molecule has 1 aromatic rings. The highest BCUT2D eigenvalue weighted by molar-refractivity contribution is 9.10. The Morgan fingerprint density at radius 1 is 1.53 bits per heavy atom. The van der Waals surface area contributed by atoms with Crippen LogP contribution in [-0.2, 0) is 10.0 Å². The zero-order valence-corrected chi connectivity index (χ0v) is 11.7. The summed E-state index contributed by atoms with van der Waals surface area (Å²) >= 11 is 3.06. The quantitative estimate of drug-likeness (QED) is 0.864. The second-order valence-electron chi connectivity index (χ2n) is 3.74. The lowest BCUT2D eigenvalue weighted by molar-refractivity contribution is 0.551. The van der Waals surface area contributed by atoms with Crippen LogP contribution in [-0.4, -0.2) is 21.0 Å². The predicted octanol–water partition coefficient (Wildman–Crippen LogP) is 1.60. The maximum Gasteiger partial charge on any atom is 0.243 e. The largest absolute Gasteiger partial charge is 0.328 e. The zero-order chi connectivity index (χ0) is 13.1. The summed E-state index contributed by atoms with van der Waals surface area (Å²) in [7, 11) is -3.80. The van der Waals surface area contributed by atoms with E-state index in [4.69, 9.17) is 5.73 Å². The summed E-state index contributed by atoms with van der Waals surface area (Å²) in [4.78, 5) is -0.356. The van der Waals surface area contributed by atoms with E-state index in [1.807, 2.05) is 0 Å². The molecular weight excluding hydrogens is 311 g/mol. The van der Waals surface area contributed by atoms with Gasteiger partial charge in [0.15, 0.2) is 0 Å². The number of rotatable bonds is 5. The fourth-order valence-electron chi connectivity index (χ4n) is 1.19. The average Bonchev–Trinajstić information content (AvgIpc) is 2.15. The van der Waals surface area contributed by atoms with Crippen molar-refractivity contribution in [3.63, 3.8) is 0 Å². The van der Waals surface area contributed by atoms with Gasteiger partial charge in [-0.3, -0.25) is 0 Å². The fourth-order valence-corrected chi connectivity index (χ4v) is 2.63. The van der Waals surface area contributed by atoms with Crippen LogP contribution in [0.4, 0.5) is 4.39 Å². The molecule has 3 N–H and O–H groups in total. The Labute approximate surface area is 109 Å². The molecule has 0 aliphatic rings. The molecule has 0 saturated carbocycles. The van der Waals surface area contributed by atoms with Crippen LogP contribution in [0.1, 0.15) is 13.3 Å². The molecule has 1 aromatic carbocycles. The van der Waals surface area contributed by atoms with E-state index in [1.165, 1.54) is 12.1 Å². The molecule has 0 aliphatic carbocycles. The third-order valence-corrected chi connectivity index (χ3v) is 4.06.